The smallest absolute Gasteiger partial charge is 0.342 e. The number of rotatable bonds is 7. The number of carbonyl (C=O) groups excluding carboxylic acids is 2. The van der Waals surface area contributed by atoms with Gasteiger partial charge in [0.25, 0.3) is 0 Å². The SMILES string of the molecule is CCOC(=O)c1c(C)oc2ncnc(NCCCN3CCCC3=O)c12. The molecule has 2 aromatic heterocycles. The zero-order chi connectivity index (χ0) is 17.8. The second-order valence-corrected chi connectivity index (χ2v) is 5.92. The quantitative estimate of drug-likeness (QED) is 0.606. The Labute approximate surface area is 145 Å². The highest BCUT2D eigenvalue weighted by Gasteiger charge is 2.24. The number of likely N-dealkylation sites (tertiary alicyclic amines) is 1. The van der Waals surface area contributed by atoms with Gasteiger partial charge < -0.3 is 19.4 Å². The van der Waals surface area contributed by atoms with Crippen molar-refractivity contribution in [1.82, 2.24) is 14.9 Å². The van der Waals surface area contributed by atoms with Gasteiger partial charge in [0.05, 0.1) is 12.0 Å². The highest BCUT2D eigenvalue weighted by atomic mass is 16.5. The molecule has 1 fully saturated rings. The maximum Gasteiger partial charge on any atom is 0.342 e. The lowest BCUT2D eigenvalue weighted by Crippen LogP contribution is -2.27. The molecular formula is C17H22N4O4. The number of amides is 1. The predicted molar refractivity (Wildman–Crippen MR) is 91.4 cm³/mol. The van der Waals surface area contributed by atoms with Gasteiger partial charge in [-0.1, -0.05) is 0 Å². The van der Waals surface area contributed by atoms with Gasteiger partial charge >= 0.3 is 5.97 Å². The Morgan fingerprint density at radius 2 is 2.28 bits per heavy atom. The molecule has 1 saturated heterocycles. The number of ether oxygens (including phenoxy) is 1. The summed E-state index contributed by atoms with van der Waals surface area (Å²) in [5.74, 6) is 0.774. The molecule has 1 aliphatic rings. The first-order valence-corrected chi connectivity index (χ1v) is 8.54. The number of carbonyl (C=O) groups is 2. The Kier molecular flexibility index (Phi) is 5.16. The van der Waals surface area contributed by atoms with Gasteiger partial charge in [0.1, 0.15) is 23.5 Å². The molecule has 1 aliphatic heterocycles. The minimum absolute atomic E-state index is 0.222. The topological polar surface area (TPSA) is 97.6 Å². The van der Waals surface area contributed by atoms with Gasteiger partial charge in [-0.15, -0.1) is 0 Å². The first-order valence-electron chi connectivity index (χ1n) is 8.54. The first kappa shape index (κ1) is 17.2. The van der Waals surface area contributed by atoms with Crippen molar-refractivity contribution in [2.24, 2.45) is 0 Å². The summed E-state index contributed by atoms with van der Waals surface area (Å²) in [5, 5.41) is 3.76. The molecule has 0 bridgehead atoms. The van der Waals surface area contributed by atoms with Gasteiger partial charge in [-0.3, -0.25) is 4.79 Å². The third-order valence-corrected chi connectivity index (χ3v) is 4.21. The second-order valence-electron chi connectivity index (χ2n) is 5.92. The lowest BCUT2D eigenvalue weighted by atomic mass is 10.2. The van der Waals surface area contributed by atoms with Crippen molar-refractivity contribution in [3.63, 3.8) is 0 Å². The van der Waals surface area contributed by atoms with Gasteiger partial charge in [0, 0.05) is 26.1 Å². The molecular weight excluding hydrogens is 324 g/mol. The lowest BCUT2D eigenvalue weighted by Gasteiger charge is -2.15. The maximum atomic E-state index is 12.2. The van der Waals surface area contributed by atoms with Gasteiger partial charge in [-0.05, 0) is 26.7 Å². The second kappa shape index (κ2) is 7.50. The Morgan fingerprint density at radius 1 is 1.44 bits per heavy atom. The molecule has 1 N–H and O–H groups in total. The zero-order valence-electron chi connectivity index (χ0n) is 14.5. The van der Waals surface area contributed by atoms with Crippen molar-refractivity contribution < 1.29 is 18.7 Å². The van der Waals surface area contributed by atoms with Crippen molar-refractivity contribution >= 4 is 28.8 Å². The molecule has 2 aromatic rings. The van der Waals surface area contributed by atoms with E-state index in [9.17, 15) is 9.59 Å². The molecule has 0 aromatic carbocycles. The molecule has 0 spiro atoms. The molecule has 3 heterocycles. The van der Waals surface area contributed by atoms with E-state index in [-0.39, 0.29) is 12.5 Å². The summed E-state index contributed by atoms with van der Waals surface area (Å²) in [6.45, 7) is 5.93. The molecule has 0 radical (unpaired) electrons. The summed E-state index contributed by atoms with van der Waals surface area (Å²) >= 11 is 0. The number of aryl methyl sites for hydroxylation is 1. The van der Waals surface area contributed by atoms with E-state index >= 15 is 0 Å². The van der Waals surface area contributed by atoms with Crippen LogP contribution in [0.3, 0.4) is 0 Å². The van der Waals surface area contributed by atoms with Gasteiger partial charge in [0.15, 0.2) is 0 Å². The van der Waals surface area contributed by atoms with Crippen LogP contribution >= 0.6 is 0 Å². The normalized spacial score (nSPS) is 14.3. The van der Waals surface area contributed by atoms with E-state index < -0.39 is 5.97 Å². The molecule has 0 aliphatic carbocycles. The molecule has 0 unspecified atom stereocenters. The van der Waals surface area contributed by atoms with Crippen LogP contribution in [0.5, 0.6) is 0 Å². The largest absolute Gasteiger partial charge is 0.462 e. The molecule has 1 amide bonds. The predicted octanol–water partition coefficient (Wildman–Crippen LogP) is 2.13. The van der Waals surface area contributed by atoms with Gasteiger partial charge in [-0.25, -0.2) is 14.8 Å². The molecule has 0 atom stereocenters. The minimum Gasteiger partial charge on any atom is -0.462 e. The number of hydrogen-bond donors (Lipinski definition) is 1. The Bertz CT molecular complexity index is 786. The number of esters is 1. The van der Waals surface area contributed by atoms with Crippen LogP contribution in [0, 0.1) is 6.92 Å². The van der Waals surface area contributed by atoms with E-state index in [1.165, 1.54) is 6.33 Å². The van der Waals surface area contributed by atoms with Crippen molar-refractivity contribution in [1.29, 1.82) is 0 Å². The fourth-order valence-electron chi connectivity index (χ4n) is 3.04. The number of nitrogens with one attached hydrogen (secondary N) is 1. The summed E-state index contributed by atoms with van der Waals surface area (Å²) in [7, 11) is 0. The van der Waals surface area contributed by atoms with Crippen LogP contribution in [-0.2, 0) is 9.53 Å². The molecule has 8 nitrogen and oxygen atoms in total. The van der Waals surface area contributed by atoms with Crippen molar-refractivity contribution in [2.45, 2.75) is 33.1 Å². The summed E-state index contributed by atoms with van der Waals surface area (Å²) in [6.07, 6.45) is 3.78. The van der Waals surface area contributed by atoms with Crippen molar-refractivity contribution in [3.05, 3.63) is 17.7 Å². The highest BCUT2D eigenvalue weighted by molar-refractivity contribution is 6.07. The average molecular weight is 346 g/mol. The Morgan fingerprint density at radius 3 is 3.00 bits per heavy atom. The Hall–Kier alpha value is -2.64. The van der Waals surface area contributed by atoms with Gasteiger partial charge in [0.2, 0.25) is 11.6 Å². The molecule has 25 heavy (non-hydrogen) atoms. The average Bonchev–Trinajstić information content (AvgIpc) is 3.14. The Balaban J connectivity index is 1.72. The number of aromatic nitrogens is 2. The maximum absolute atomic E-state index is 12.2. The van der Waals surface area contributed by atoms with E-state index in [0.29, 0.717) is 41.2 Å². The van der Waals surface area contributed by atoms with Crippen LogP contribution in [-0.4, -0.2) is 53.0 Å². The molecule has 134 valence electrons. The molecule has 8 heteroatoms. The number of furan rings is 1. The van der Waals surface area contributed by atoms with Crippen LogP contribution in [0.2, 0.25) is 0 Å². The summed E-state index contributed by atoms with van der Waals surface area (Å²) in [4.78, 5) is 34.0. The van der Waals surface area contributed by atoms with Crippen LogP contribution in [0.4, 0.5) is 5.82 Å². The summed E-state index contributed by atoms with van der Waals surface area (Å²) in [6, 6.07) is 0. The first-order chi connectivity index (χ1) is 12.1. The van der Waals surface area contributed by atoms with E-state index in [4.69, 9.17) is 9.15 Å². The standard InChI is InChI=1S/C17H22N4O4/c1-3-24-17(23)13-11(2)25-16-14(13)15(19-10-20-16)18-7-5-9-21-8-4-6-12(21)22/h10H,3-9H2,1-2H3,(H,18,19,20). The minimum atomic E-state index is -0.445. The lowest BCUT2D eigenvalue weighted by molar-refractivity contribution is -0.127. The third kappa shape index (κ3) is 3.57. The third-order valence-electron chi connectivity index (χ3n) is 4.21. The zero-order valence-corrected chi connectivity index (χ0v) is 14.5. The summed E-state index contributed by atoms with van der Waals surface area (Å²) < 4.78 is 10.7. The highest BCUT2D eigenvalue weighted by Crippen LogP contribution is 2.29. The van der Waals surface area contributed by atoms with Crippen LogP contribution < -0.4 is 5.32 Å². The summed E-state index contributed by atoms with van der Waals surface area (Å²) in [5.41, 5.74) is 0.711. The van der Waals surface area contributed by atoms with E-state index in [1.54, 1.807) is 13.8 Å². The number of anilines is 1. The van der Waals surface area contributed by atoms with Crippen LogP contribution in [0.1, 0.15) is 42.3 Å². The number of fused-ring (bicyclic) bond motifs is 1. The van der Waals surface area contributed by atoms with Crippen LogP contribution in [0.15, 0.2) is 10.7 Å². The molecule has 3 rings (SSSR count). The fraction of sp³-hybridized carbons (Fsp3) is 0.529. The number of hydrogen-bond acceptors (Lipinski definition) is 7. The van der Waals surface area contributed by atoms with Crippen molar-refractivity contribution in [2.75, 3.05) is 31.6 Å². The van der Waals surface area contributed by atoms with Gasteiger partial charge in [-0.2, -0.15) is 0 Å². The van der Waals surface area contributed by atoms with E-state index in [0.717, 1.165) is 25.9 Å². The fourth-order valence-corrected chi connectivity index (χ4v) is 3.04. The molecule has 0 saturated carbocycles. The number of nitrogens with zero attached hydrogens (tertiary/aromatic N) is 3. The van der Waals surface area contributed by atoms with E-state index in [2.05, 4.69) is 15.3 Å². The van der Waals surface area contributed by atoms with Crippen LogP contribution in [0.25, 0.3) is 11.1 Å². The van der Waals surface area contributed by atoms with E-state index in [1.807, 2.05) is 4.90 Å². The van der Waals surface area contributed by atoms with Crippen molar-refractivity contribution in [3.8, 4) is 0 Å². The monoisotopic (exact) mass is 346 g/mol.